The van der Waals surface area contributed by atoms with Crippen molar-refractivity contribution in [3.8, 4) is 5.69 Å². The van der Waals surface area contributed by atoms with Gasteiger partial charge < -0.3 is 5.32 Å². The number of rotatable bonds is 5. The molecule has 0 bridgehead atoms. The predicted octanol–water partition coefficient (Wildman–Crippen LogP) is 3.53. The molecule has 0 saturated carbocycles. The number of anilines is 1. The van der Waals surface area contributed by atoms with Crippen LogP contribution in [0.3, 0.4) is 0 Å². The van der Waals surface area contributed by atoms with Gasteiger partial charge in [-0.25, -0.2) is 9.37 Å². The van der Waals surface area contributed by atoms with Gasteiger partial charge in [0.25, 0.3) is 0 Å². The standard InChI is InChI=1S/C14H18FN3/c1-3-4-7-16-14-17-8-9-18(14)13-6-5-12(15)10-11(13)2/h5-6,8-10H,3-4,7H2,1-2H3,(H,16,17). The molecule has 1 N–H and O–H groups in total. The number of nitrogens with one attached hydrogen (secondary N) is 1. The monoisotopic (exact) mass is 247 g/mol. The molecule has 2 aromatic rings. The lowest BCUT2D eigenvalue weighted by molar-refractivity contribution is 0.626. The Hall–Kier alpha value is -1.84. The number of hydrogen-bond donors (Lipinski definition) is 1. The predicted molar refractivity (Wildman–Crippen MR) is 71.7 cm³/mol. The molecule has 0 saturated heterocycles. The fourth-order valence-electron chi connectivity index (χ4n) is 1.89. The van der Waals surface area contributed by atoms with Gasteiger partial charge in [0.2, 0.25) is 5.95 Å². The summed E-state index contributed by atoms with van der Waals surface area (Å²) in [5.74, 6) is 0.593. The van der Waals surface area contributed by atoms with Crippen molar-refractivity contribution in [1.29, 1.82) is 0 Å². The molecule has 3 nitrogen and oxygen atoms in total. The normalized spacial score (nSPS) is 10.6. The summed E-state index contributed by atoms with van der Waals surface area (Å²) in [6.45, 7) is 4.94. The van der Waals surface area contributed by atoms with Gasteiger partial charge in [0, 0.05) is 18.9 Å². The molecule has 0 spiro atoms. The summed E-state index contributed by atoms with van der Waals surface area (Å²) in [6, 6.07) is 4.78. The van der Waals surface area contributed by atoms with Gasteiger partial charge in [0.15, 0.2) is 0 Å². The van der Waals surface area contributed by atoms with Crippen LogP contribution in [0.15, 0.2) is 30.6 Å². The Balaban J connectivity index is 2.25. The number of nitrogens with zero attached hydrogens (tertiary/aromatic N) is 2. The molecule has 18 heavy (non-hydrogen) atoms. The van der Waals surface area contributed by atoms with E-state index >= 15 is 0 Å². The van der Waals surface area contributed by atoms with Gasteiger partial charge in [-0.2, -0.15) is 0 Å². The van der Waals surface area contributed by atoms with Crippen LogP contribution in [0.2, 0.25) is 0 Å². The van der Waals surface area contributed by atoms with Gasteiger partial charge in [0.05, 0.1) is 5.69 Å². The number of benzene rings is 1. The highest BCUT2D eigenvalue weighted by Crippen LogP contribution is 2.19. The second-order valence-corrected chi connectivity index (χ2v) is 4.33. The SMILES string of the molecule is CCCCNc1nccn1-c1ccc(F)cc1C. The van der Waals surface area contributed by atoms with Crippen LogP contribution in [0.4, 0.5) is 10.3 Å². The third-order valence-corrected chi connectivity index (χ3v) is 2.87. The van der Waals surface area contributed by atoms with Crippen molar-refractivity contribution >= 4 is 5.95 Å². The van der Waals surface area contributed by atoms with Crippen molar-refractivity contribution in [2.75, 3.05) is 11.9 Å². The number of unbranched alkanes of at least 4 members (excludes halogenated alkanes) is 1. The lowest BCUT2D eigenvalue weighted by atomic mass is 10.2. The van der Waals surface area contributed by atoms with Gasteiger partial charge in [-0.3, -0.25) is 4.57 Å². The lowest BCUT2D eigenvalue weighted by Crippen LogP contribution is -2.08. The summed E-state index contributed by atoms with van der Waals surface area (Å²) >= 11 is 0. The maximum Gasteiger partial charge on any atom is 0.207 e. The van der Waals surface area contributed by atoms with Crippen LogP contribution in [0, 0.1) is 12.7 Å². The van der Waals surface area contributed by atoms with Crippen LogP contribution in [0.1, 0.15) is 25.3 Å². The van der Waals surface area contributed by atoms with Crippen LogP contribution in [0.25, 0.3) is 5.69 Å². The molecular formula is C14H18FN3. The molecule has 0 aliphatic heterocycles. The molecule has 0 fully saturated rings. The zero-order valence-corrected chi connectivity index (χ0v) is 10.8. The second kappa shape index (κ2) is 5.67. The quantitative estimate of drug-likeness (QED) is 0.819. The first kappa shape index (κ1) is 12.6. The number of halogens is 1. The molecule has 2 rings (SSSR count). The second-order valence-electron chi connectivity index (χ2n) is 4.33. The molecule has 0 aliphatic carbocycles. The Morgan fingerprint density at radius 2 is 2.22 bits per heavy atom. The fraction of sp³-hybridized carbons (Fsp3) is 0.357. The van der Waals surface area contributed by atoms with E-state index in [1.165, 1.54) is 12.1 Å². The van der Waals surface area contributed by atoms with E-state index in [1.54, 1.807) is 12.3 Å². The first-order chi connectivity index (χ1) is 8.72. The third kappa shape index (κ3) is 2.70. The van der Waals surface area contributed by atoms with Crippen molar-refractivity contribution < 1.29 is 4.39 Å². The summed E-state index contributed by atoms with van der Waals surface area (Å²) in [4.78, 5) is 4.29. The minimum Gasteiger partial charge on any atom is -0.355 e. The zero-order valence-electron chi connectivity index (χ0n) is 10.8. The van der Waals surface area contributed by atoms with Crippen LogP contribution in [0.5, 0.6) is 0 Å². The van der Waals surface area contributed by atoms with E-state index in [2.05, 4.69) is 17.2 Å². The van der Waals surface area contributed by atoms with Gasteiger partial charge in [0.1, 0.15) is 5.82 Å². The first-order valence-corrected chi connectivity index (χ1v) is 6.26. The van der Waals surface area contributed by atoms with E-state index in [4.69, 9.17) is 0 Å². The fourth-order valence-corrected chi connectivity index (χ4v) is 1.89. The van der Waals surface area contributed by atoms with Crippen molar-refractivity contribution in [3.63, 3.8) is 0 Å². The molecular weight excluding hydrogens is 229 g/mol. The summed E-state index contributed by atoms with van der Waals surface area (Å²) in [5, 5.41) is 3.29. The van der Waals surface area contributed by atoms with E-state index < -0.39 is 0 Å². The topological polar surface area (TPSA) is 29.9 Å². The molecule has 1 aromatic heterocycles. The van der Waals surface area contributed by atoms with E-state index in [0.717, 1.165) is 36.6 Å². The van der Waals surface area contributed by atoms with Gasteiger partial charge in [-0.1, -0.05) is 13.3 Å². The van der Waals surface area contributed by atoms with Crippen molar-refractivity contribution in [1.82, 2.24) is 9.55 Å². The van der Waals surface area contributed by atoms with E-state index in [9.17, 15) is 4.39 Å². The summed E-state index contributed by atoms with van der Waals surface area (Å²) in [5.41, 5.74) is 1.85. The maximum atomic E-state index is 13.1. The summed E-state index contributed by atoms with van der Waals surface area (Å²) in [6.07, 6.45) is 5.88. The minimum atomic E-state index is -0.211. The summed E-state index contributed by atoms with van der Waals surface area (Å²) in [7, 11) is 0. The zero-order chi connectivity index (χ0) is 13.0. The highest BCUT2D eigenvalue weighted by molar-refractivity contribution is 5.46. The Kier molecular flexibility index (Phi) is 3.97. The Bertz CT molecular complexity index is 520. The van der Waals surface area contributed by atoms with Crippen molar-refractivity contribution in [2.45, 2.75) is 26.7 Å². The van der Waals surface area contributed by atoms with Crippen LogP contribution < -0.4 is 5.32 Å². The number of imidazole rings is 1. The Morgan fingerprint density at radius 1 is 1.39 bits per heavy atom. The molecule has 4 heteroatoms. The molecule has 0 atom stereocenters. The average Bonchev–Trinajstić information content (AvgIpc) is 2.78. The molecule has 1 heterocycles. The molecule has 1 aromatic carbocycles. The van der Waals surface area contributed by atoms with Crippen molar-refractivity contribution in [2.24, 2.45) is 0 Å². The van der Waals surface area contributed by atoms with E-state index in [-0.39, 0.29) is 5.82 Å². The maximum absolute atomic E-state index is 13.1. The molecule has 0 radical (unpaired) electrons. The molecule has 0 aliphatic rings. The highest BCUT2D eigenvalue weighted by Gasteiger charge is 2.07. The number of aryl methyl sites for hydroxylation is 1. The van der Waals surface area contributed by atoms with Gasteiger partial charge in [-0.05, 0) is 37.1 Å². The lowest BCUT2D eigenvalue weighted by Gasteiger charge is -2.11. The Morgan fingerprint density at radius 3 is 2.94 bits per heavy atom. The van der Waals surface area contributed by atoms with Crippen LogP contribution in [-0.2, 0) is 0 Å². The van der Waals surface area contributed by atoms with Crippen molar-refractivity contribution in [3.05, 3.63) is 42.0 Å². The smallest absolute Gasteiger partial charge is 0.207 e. The first-order valence-electron chi connectivity index (χ1n) is 6.26. The molecule has 0 unspecified atom stereocenters. The Labute approximate surface area is 107 Å². The summed E-state index contributed by atoms with van der Waals surface area (Å²) < 4.78 is 15.0. The van der Waals surface area contributed by atoms with Crippen LogP contribution in [-0.4, -0.2) is 16.1 Å². The molecule has 0 amide bonds. The minimum absolute atomic E-state index is 0.211. The number of hydrogen-bond acceptors (Lipinski definition) is 2. The van der Waals surface area contributed by atoms with Crippen LogP contribution >= 0.6 is 0 Å². The largest absolute Gasteiger partial charge is 0.355 e. The highest BCUT2D eigenvalue weighted by atomic mass is 19.1. The van der Waals surface area contributed by atoms with E-state index in [1.807, 2.05) is 17.7 Å². The number of aromatic nitrogens is 2. The third-order valence-electron chi connectivity index (χ3n) is 2.87. The molecule has 96 valence electrons. The van der Waals surface area contributed by atoms with E-state index in [0.29, 0.717) is 0 Å². The average molecular weight is 247 g/mol. The van der Waals surface area contributed by atoms with Gasteiger partial charge >= 0.3 is 0 Å². The van der Waals surface area contributed by atoms with Gasteiger partial charge in [-0.15, -0.1) is 0 Å².